The maximum Gasteiger partial charge on any atom is 0.258 e. The van der Waals surface area contributed by atoms with Gasteiger partial charge in [-0.3, -0.25) is 4.79 Å². The quantitative estimate of drug-likeness (QED) is 0.839. The molecule has 0 saturated carbocycles. The second kappa shape index (κ2) is 8.56. The Morgan fingerprint density at radius 2 is 1.84 bits per heavy atom. The Bertz CT molecular complexity index is 700. The summed E-state index contributed by atoms with van der Waals surface area (Å²) in [6.07, 6.45) is 4.56. The zero-order chi connectivity index (χ0) is 17.5. The number of hydrogen-bond donors (Lipinski definition) is 1. The Labute approximate surface area is 149 Å². The highest BCUT2D eigenvalue weighted by Gasteiger charge is 2.15. The molecule has 1 amide bonds. The molecule has 3 rings (SSSR count). The molecule has 0 heterocycles. The van der Waals surface area contributed by atoms with Crippen LogP contribution in [0.15, 0.2) is 48.5 Å². The van der Waals surface area contributed by atoms with E-state index in [1.54, 1.807) is 0 Å². The van der Waals surface area contributed by atoms with Gasteiger partial charge in [-0.15, -0.1) is 0 Å². The average molecular weight is 339 g/mol. The molecular weight excluding hydrogens is 314 g/mol. The van der Waals surface area contributed by atoms with Crippen LogP contribution in [0.25, 0.3) is 0 Å². The molecule has 0 aromatic heterocycles. The molecule has 1 atom stereocenters. The first kappa shape index (κ1) is 17.3. The number of aryl methyl sites for hydroxylation is 1. The maximum absolute atomic E-state index is 12.1. The van der Waals surface area contributed by atoms with Crippen LogP contribution in [-0.2, 0) is 17.6 Å². The number of carbonyl (C=O) groups excluding carboxylic acids is 1. The smallest absolute Gasteiger partial charge is 0.258 e. The number of rotatable bonds is 7. The van der Waals surface area contributed by atoms with Crippen molar-refractivity contribution in [1.29, 1.82) is 0 Å². The summed E-state index contributed by atoms with van der Waals surface area (Å²) in [6, 6.07) is 15.6. The lowest BCUT2D eigenvalue weighted by atomic mass is 9.91. The van der Waals surface area contributed by atoms with Crippen LogP contribution in [0, 0.1) is 0 Å². The molecule has 0 fully saturated rings. The van der Waals surface area contributed by atoms with Crippen molar-refractivity contribution in [1.82, 2.24) is 5.32 Å². The van der Waals surface area contributed by atoms with Gasteiger partial charge in [0.2, 0.25) is 0 Å². The lowest BCUT2D eigenvalue weighted by Gasteiger charge is -2.20. The summed E-state index contributed by atoms with van der Waals surface area (Å²) in [6.45, 7) is 2.38. The van der Waals surface area contributed by atoms with Crippen LogP contribution in [0.1, 0.15) is 30.9 Å². The van der Waals surface area contributed by atoms with Crippen LogP contribution in [0.2, 0.25) is 0 Å². The Kier molecular flexibility index (Phi) is 5.94. The third-order valence-electron chi connectivity index (χ3n) is 4.36. The number of para-hydroxylation sites is 1. The van der Waals surface area contributed by atoms with Crippen molar-refractivity contribution in [3.63, 3.8) is 0 Å². The van der Waals surface area contributed by atoms with E-state index in [-0.39, 0.29) is 18.6 Å². The highest BCUT2D eigenvalue weighted by atomic mass is 16.5. The minimum Gasteiger partial charge on any atom is -0.491 e. The average Bonchev–Trinajstić information content (AvgIpc) is 2.65. The van der Waals surface area contributed by atoms with E-state index >= 15 is 0 Å². The van der Waals surface area contributed by atoms with Gasteiger partial charge in [0.15, 0.2) is 6.61 Å². The van der Waals surface area contributed by atoms with Gasteiger partial charge in [0.25, 0.3) is 5.91 Å². The largest absolute Gasteiger partial charge is 0.491 e. The van der Waals surface area contributed by atoms with Gasteiger partial charge in [0.1, 0.15) is 18.1 Å². The third kappa shape index (κ3) is 4.99. The van der Waals surface area contributed by atoms with Crippen molar-refractivity contribution < 1.29 is 14.3 Å². The lowest BCUT2D eigenvalue weighted by Crippen LogP contribution is -2.39. The zero-order valence-electron chi connectivity index (χ0n) is 14.7. The molecule has 0 saturated heterocycles. The van der Waals surface area contributed by atoms with E-state index in [1.165, 1.54) is 24.0 Å². The first-order valence-corrected chi connectivity index (χ1v) is 8.93. The van der Waals surface area contributed by atoms with E-state index in [4.69, 9.17) is 9.47 Å². The van der Waals surface area contributed by atoms with E-state index in [1.807, 2.05) is 49.4 Å². The standard InChI is InChI=1S/C21H25NO3/c1-16(14-24-18-10-3-2-4-11-18)22-21(23)15-25-20-13-7-9-17-8-5-6-12-19(17)20/h2-4,7,9-11,13,16H,5-6,8,12,14-15H2,1H3,(H,22,23)/t16-/m0/s1. The molecule has 4 nitrogen and oxygen atoms in total. The number of nitrogens with one attached hydrogen (secondary N) is 1. The molecule has 1 N–H and O–H groups in total. The molecule has 2 aromatic carbocycles. The monoisotopic (exact) mass is 339 g/mol. The Hall–Kier alpha value is -2.49. The van der Waals surface area contributed by atoms with Gasteiger partial charge in [-0.05, 0) is 61.9 Å². The second-order valence-corrected chi connectivity index (χ2v) is 6.48. The third-order valence-corrected chi connectivity index (χ3v) is 4.36. The number of fused-ring (bicyclic) bond motifs is 1. The van der Waals surface area contributed by atoms with Crippen LogP contribution < -0.4 is 14.8 Å². The van der Waals surface area contributed by atoms with E-state index in [0.717, 1.165) is 24.3 Å². The summed E-state index contributed by atoms with van der Waals surface area (Å²) < 4.78 is 11.4. The van der Waals surface area contributed by atoms with Crippen LogP contribution in [0.4, 0.5) is 0 Å². The first-order valence-electron chi connectivity index (χ1n) is 8.93. The number of hydrogen-bond acceptors (Lipinski definition) is 3. The molecule has 0 unspecified atom stereocenters. The summed E-state index contributed by atoms with van der Waals surface area (Å²) in [5.74, 6) is 1.52. The summed E-state index contributed by atoms with van der Waals surface area (Å²) in [4.78, 5) is 12.1. The van der Waals surface area contributed by atoms with Crippen molar-refractivity contribution in [2.45, 2.75) is 38.6 Å². The molecule has 4 heteroatoms. The maximum atomic E-state index is 12.1. The Morgan fingerprint density at radius 1 is 1.04 bits per heavy atom. The molecular formula is C21H25NO3. The topological polar surface area (TPSA) is 47.6 Å². The van der Waals surface area contributed by atoms with E-state index in [2.05, 4.69) is 11.4 Å². The van der Waals surface area contributed by atoms with Crippen LogP contribution in [0.5, 0.6) is 11.5 Å². The summed E-state index contributed by atoms with van der Waals surface area (Å²) in [5, 5.41) is 2.91. The summed E-state index contributed by atoms with van der Waals surface area (Å²) >= 11 is 0. The van der Waals surface area contributed by atoms with Gasteiger partial charge in [-0.25, -0.2) is 0 Å². The van der Waals surface area contributed by atoms with Crippen molar-refractivity contribution in [2.24, 2.45) is 0 Å². The summed E-state index contributed by atoms with van der Waals surface area (Å²) in [7, 11) is 0. The minimum absolute atomic E-state index is 0.0339. The number of amides is 1. The SMILES string of the molecule is C[C@@H](COc1ccccc1)NC(=O)COc1cccc2c1CCCC2. The minimum atomic E-state index is -0.127. The van der Waals surface area contributed by atoms with Gasteiger partial charge in [-0.2, -0.15) is 0 Å². The van der Waals surface area contributed by atoms with E-state index < -0.39 is 0 Å². The fourth-order valence-electron chi connectivity index (χ4n) is 3.12. The van der Waals surface area contributed by atoms with Gasteiger partial charge < -0.3 is 14.8 Å². The Balaban J connectivity index is 1.45. The predicted molar refractivity (Wildman–Crippen MR) is 98.1 cm³/mol. The molecule has 1 aliphatic rings. The molecule has 0 spiro atoms. The van der Waals surface area contributed by atoms with Gasteiger partial charge in [-0.1, -0.05) is 30.3 Å². The fraction of sp³-hybridized carbons (Fsp3) is 0.381. The molecule has 0 radical (unpaired) electrons. The fourth-order valence-corrected chi connectivity index (χ4v) is 3.12. The molecule has 0 bridgehead atoms. The Morgan fingerprint density at radius 3 is 2.68 bits per heavy atom. The van der Waals surface area contributed by atoms with E-state index in [0.29, 0.717) is 6.61 Å². The van der Waals surface area contributed by atoms with Crippen molar-refractivity contribution in [3.05, 3.63) is 59.7 Å². The lowest BCUT2D eigenvalue weighted by molar-refractivity contribution is -0.123. The van der Waals surface area contributed by atoms with Gasteiger partial charge >= 0.3 is 0 Å². The number of carbonyl (C=O) groups is 1. The second-order valence-electron chi connectivity index (χ2n) is 6.48. The number of benzene rings is 2. The zero-order valence-corrected chi connectivity index (χ0v) is 14.7. The molecule has 0 aliphatic heterocycles. The van der Waals surface area contributed by atoms with E-state index in [9.17, 15) is 4.79 Å². The highest BCUT2D eigenvalue weighted by Crippen LogP contribution is 2.29. The van der Waals surface area contributed by atoms with Crippen LogP contribution >= 0.6 is 0 Å². The van der Waals surface area contributed by atoms with Crippen molar-refractivity contribution >= 4 is 5.91 Å². The summed E-state index contributed by atoms with van der Waals surface area (Å²) in [5.41, 5.74) is 2.62. The molecule has 132 valence electrons. The van der Waals surface area contributed by atoms with Gasteiger partial charge in [0, 0.05) is 0 Å². The van der Waals surface area contributed by atoms with Crippen LogP contribution in [-0.4, -0.2) is 25.2 Å². The van der Waals surface area contributed by atoms with Crippen molar-refractivity contribution in [2.75, 3.05) is 13.2 Å². The normalized spacial score (nSPS) is 14.3. The molecule has 1 aliphatic carbocycles. The van der Waals surface area contributed by atoms with Gasteiger partial charge in [0.05, 0.1) is 6.04 Å². The van der Waals surface area contributed by atoms with Crippen LogP contribution in [0.3, 0.4) is 0 Å². The molecule has 25 heavy (non-hydrogen) atoms. The predicted octanol–water partition coefficient (Wildman–Crippen LogP) is 3.53. The highest BCUT2D eigenvalue weighted by molar-refractivity contribution is 5.77. The van der Waals surface area contributed by atoms with Crippen molar-refractivity contribution in [3.8, 4) is 11.5 Å². The molecule has 2 aromatic rings. The number of ether oxygens (including phenoxy) is 2. The first-order chi connectivity index (χ1) is 12.2.